The predicted octanol–water partition coefficient (Wildman–Crippen LogP) is 3.98. The van der Waals surface area contributed by atoms with Gasteiger partial charge in [-0.3, -0.25) is 0 Å². The molecule has 2 aromatic carbocycles. The van der Waals surface area contributed by atoms with Crippen LogP contribution in [0.3, 0.4) is 0 Å². The summed E-state index contributed by atoms with van der Waals surface area (Å²) in [4.78, 5) is 0. The topological polar surface area (TPSA) is 0 Å². The van der Waals surface area contributed by atoms with Crippen molar-refractivity contribution < 1.29 is 4.39 Å². The van der Waals surface area contributed by atoms with Gasteiger partial charge in [-0.05, 0) is 22.8 Å². The van der Waals surface area contributed by atoms with Crippen LogP contribution in [0.1, 0.15) is 22.6 Å². The smallest absolute Gasteiger partial charge is 0.127 e. The number of hydrogen-bond acceptors (Lipinski definition) is 0. The maximum Gasteiger partial charge on any atom is 0.127 e. The second-order valence-electron chi connectivity index (χ2n) is 3.99. The van der Waals surface area contributed by atoms with E-state index in [2.05, 4.69) is 24.3 Å². The number of allylic oxidation sites excluding steroid dienone is 1. The Balaban J connectivity index is 2.12. The molecule has 0 aliphatic heterocycles. The first kappa shape index (κ1) is 9.34. The molecule has 0 aromatic heterocycles. The Morgan fingerprint density at radius 1 is 0.812 bits per heavy atom. The van der Waals surface area contributed by atoms with E-state index < -0.39 is 0 Å². The van der Waals surface area contributed by atoms with Crippen molar-refractivity contribution in [3.05, 3.63) is 77.1 Å². The molecule has 0 bridgehead atoms. The van der Waals surface area contributed by atoms with Crippen molar-refractivity contribution in [2.24, 2.45) is 0 Å². The molecule has 0 saturated heterocycles. The molecule has 0 saturated carbocycles. The molecule has 0 N–H and O–H groups in total. The normalized spacial score (nSPS) is 17.4. The van der Waals surface area contributed by atoms with Crippen LogP contribution in [0.25, 0.3) is 6.08 Å². The standard InChI is InChI=1S/C15H11F/c16-15-8-4-3-7-14(15)13-10-9-11-5-1-2-6-12(11)13/h1-10,13H. The number of rotatable bonds is 1. The molecule has 2 aromatic rings. The van der Waals surface area contributed by atoms with Gasteiger partial charge in [0.15, 0.2) is 0 Å². The molecule has 1 unspecified atom stereocenters. The van der Waals surface area contributed by atoms with E-state index in [9.17, 15) is 4.39 Å². The average Bonchev–Trinajstić information content (AvgIpc) is 2.74. The molecule has 1 aliphatic rings. The molecule has 1 atom stereocenters. The van der Waals surface area contributed by atoms with Crippen LogP contribution in [-0.4, -0.2) is 0 Å². The summed E-state index contributed by atoms with van der Waals surface area (Å²) >= 11 is 0. The minimum Gasteiger partial charge on any atom is -0.207 e. The van der Waals surface area contributed by atoms with Crippen molar-refractivity contribution in [2.75, 3.05) is 0 Å². The summed E-state index contributed by atoms with van der Waals surface area (Å²) in [5.41, 5.74) is 3.13. The van der Waals surface area contributed by atoms with E-state index in [1.807, 2.05) is 24.3 Å². The lowest BCUT2D eigenvalue weighted by Crippen LogP contribution is -1.98. The van der Waals surface area contributed by atoms with Crippen LogP contribution >= 0.6 is 0 Å². The summed E-state index contributed by atoms with van der Waals surface area (Å²) in [6, 6.07) is 15.1. The number of halogens is 1. The van der Waals surface area contributed by atoms with E-state index in [1.54, 1.807) is 6.07 Å². The highest BCUT2D eigenvalue weighted by molar-refractivity contribution is 5.65. The van der Waals surface area contributed by atoms with Crippen LogP contribution in [0.2, 0.25) is 0 Å². The SMILES string of the molecule is Fc1ccccc1C1C=Cc2ccccc21. The van der Waals surface area contributed by atoms with Crippen molar-refractivity contribution in [3.8, 4) is 0 Å². The Hall–Kier alpha value is -1.89. The van der Waals surface area contributed by atoms with Gasteiger partial charge in [0.25, 0.3) is 0 Å². The summed E-state index contributed by atoms with van der Waals surface area (Å²) in [5, 5.41) is 0. The van der Waals surface area contributed by atoms with Gasteiger partial charge >= 0.3 is 0 Å². The lowest BCUT2D eigenvalue weighted by molar-refractivity contribution is 0.609. The average molecular weight is 210 g/mol. The highest BCUT2D eigenvalue weighted by atomic mass is 19.1. The van der Waals surface area contributed by atoms with E-state index in [1.165, 1.54) is 17.2 Å². The van der Waals surface area contributed by atoms with Crippen LogP contribution in [0.4, 0.5) is 4.39 Å². The summed E-state index contributed by atoms with van der Waals surface area (Å²) in [6.07, 6.45) is 4.12. The van der Waals surface area contributed by atoms with Crippen LogP contribution in [-0.2, 0) is 0 Å². The molecule has 0 heterocycles. The zero-order valence-electron chi connectivity index (χ0n) is 8.73. The Kier molecular flexibility index (Phi) is 2.10. The summed E-state index contributed by atoms with van der Waals surface area (Å²) in [7, 11) is 0. The van der Waals surface area contributed by atoms with Crippen molar-refractivity contribution in [1.29, 1.82) is 0 Å². The third-order valence-electron chi connectivity index (χ3n) is 3.04. The molecule has 0 amide bonds. The van der Waals surface area contributed by atoms with Crippen LogP contribution < -0.4 is 0 Å². The van der Waals surface area contributed by atoms with Gasteiger partial charge in [0.2, 0.25) is 0 Å². The van der Waals surface area contributed by atoms with Gasteiger partial charge in [0.05, 0.1) is 0 Å². The maximum absolute atomic E-state index is 13.7. The van der Waals surface area contributed by atoms with E-state index in [0.717, 1.165) is 5.56 Å². The second-order valence-corrected chi connectivity index (χ2v) is 3.99. The quantitative estimate of drug-likeness (QED) is 0.667. The molecule has 16 heavy (non-hydrogen) atoms. The zero-order valence-corrected chi connectivity index (χ0v) is 8.73. The summed E-state index contributed by atoms with van der Waals surface area (Å²) in [5.74, 6) is -0.0637. The van der Waals surface area contributed by atoms with Crippen molar-refractivity contribution >= 4 is 6.08 Å². The van der Waals surface area contributed by atoms with Crippen molar-refractivity contribution in [3.63, 3.8) is 0 Å². The minimum atomic E-state index is -0.131. The fraction of sp³-hybridized carbons (Fsp3) is 0.0667. The first-order chi connectivity index (χ1) is 7.86. The molecular formula is C15H11F. The Labute approximate surface area is 94.1 Å². The first-order valence-electron chi connectivity index (χ1n) is 5.38. The van der Waals surface area contributed by atoms with Crippen LogP contribution in [0.15, 0.2) is 54.6 Å². The molecule has 1 heteroatoms. The molecule has 0 radical (unpaired) electrons. The molecule has 0 spiro atoms. The first-order valence-corrected chi connectivity index (χ1v) is 5.38. The minimum absolute atomic E-state index is 0.0670. The van der Waals surface area contributed by atoms with Gasteiger partial charge in [-0.25, -0.2) is 4.39 Å². The van der Waals surface area contributed by atoms with Crippen molar-refractivity contribution in [2.45, 2.75) is 5.92 Å². The lowest BCUT2D eigenvalue weighted by atomic mass is 9.93. The highest BCUT2D eigenvalue weighted by Crippen LogP contribution is 2.35. The zero-order chi connectivity index (χ0) is 11.0. The molecule has 0 nitrogen and oxygen atoms in total. The number of hydrogen-bond donors (Lipinski definition) is 0. The third-order valence-corrected chi connectivity index (χ3v) is 3.04. The van der Waals surface area contributed by atoms with Gasteiger partial charge in [-0.15, -0.1) is 0 Å². The number of fused-ring (bicyclic) bond motifs is 1. The molecule has 1 aliphatic carbocycles. The third kappa shape index (κ3) is 1.36. The summed E-state index contributed by atoms with van der Waals surface area (Å²) in [6.45, 7) is 0. The highest BCUT2D eigenvalue weighted by Gasteiger charge is 2.20. The fourth-order valence-corrected chi connectivity index (χ4v) is 2.25. The second kappa shape index (κ2) is 3.60. The van der Waals surface area contributed by atoms with Gasteiger partial charge < -0.3 is 0 Å². The van der Waals surface area contributed by atoms with E-state index in [0.29, 0.717) is 0 Å². The Bertz CT molecular complexity index is 555. The monoisotopic (exact) mass is 210 g/mol. The maximum atomic E-state index is 13.7. The Morgan fingerprint density at radius 2 is 1.50 bits per heavy atom. The van der Waals surface area contributed by atoms with E-state index >= 15 is 0 Å². The largest absolute Gasteiger partial charge is 0.207 e. The molecule has 3 rings (SSSR count). The molecule has 0 fully saturated rings. The molecular weight excluding hydrogens is 199 g/mol. The molecule has 78 valence electrons. The Morgan fingerprint density at radius 3 is 2.31 bits per heavy atom. The van der Waals surface area contributed by atoms with E-state index in [4.69, 9.17) is 0 Å². The van der Waals surface area contributed by atoms with Gasteiger partial charge in [0.1, 0.15) is 5.82 Å². The summed E-state index contributed by atoms with van der Waals surface area (Å²) < 4.78 is 13.7. The van der Waals surface area contributed by atoms with Crippen LogP contribution in [0.5, 0.6) is 0 Å². The predicted molar refractivity (Wildman–Crippen MR) is 63.7 cm³/mol. The lowest BCUT2D eigenvalue weighted by Gasteiger charge is -2.11. The van der Waals surface area contributed by atoms with E-state index in [-0.39, 0.29) is 11.7 Å². The van der Waals surface area contributed by atoms with Gasteiger partial charge in [-0.1, -0.05) is 54.6 Å². The number of benzene rings is 2. The van der Waals surface area contributed by atoms with Crippen LogP contribution in [0, 0.1) is 5.82 Å². The van der Waals surface area contributed by atoms with Gasteiger partial charge in [-0.2, -0.15) is 0 Å². The van der Waals surface area contributed by atoms with Gasteiger partial charge in [0, 0.05) is 5.92 Å². The van der Waals surface area contributed by atoms with Crippen molar-refractivity contribution in [1.82, 2.24) is 0 Å². The fourth-order valence-electron chi connectivity index (χ4n) is 2.25.